The Morgan fingerprint density at radius 1 is 1.00 bits per heavy atom. The average molecular weight is 291 g/mol. The van der Waals surface area contributed by atoms with Gasteiger partial charge >= 0.3 is 0 Å². The second kappa shape index (κ2) is 6.39. The van der Waals surface area contributed by atoms with Gasteiger partial charge < -0.3 is 5.32 Å². The largest absolute Gasteiger partial charge is 0.346 e. The van der Waals surface area contributed by atoms with Gasteiger partial charge in [-0.2, -0.15) is 4.57 Å². The lowest BCUT2D eigenvalue weighted by molar-refractivity contribution is -0.704. The summed E-state index contributed by atoms with van der Waals surface area (Å²) in [7, 11) is 0. The minimum atomic E-state index is -0.242. The lowest BCUT2D eigenvalue weighted by Crippen LogP contribution is -2.46. The highest BCUT2D eigenvalue weighted by molar-refractivity contribution is 5.81. The van der Waals surface area contributed by atoms with Gasteiger partial charge in [0.05, 0.1) is 0 Å². The van der Waals surface area contributed by atoms with Crippen molar-refractivity contribution in [3.63, 3.8) is 0 Å². The summed E-state index contributed by atoms with van der Waals surface area (Å²) >= 11 is 0. The number of amides is 1. The molecule has 0 spiro atoms. The summed E-state index contributed by atoms with van der Waals surface area (Å²) in [6.07, 6.45) is 3.97. The molecule has 3 rings (SSSR count). The van der Waals surface area contributed by atoms with E-state index in [-0.39, 0.29) is 11.9 Å². The van der Waals surface area contributed by atoms with E-state index in [4.69, 9.17) is 0 Å². The number of rotatable bonds is 4. The van der Waals surface area contributed by atoms with Crippen LogP contribution in [0.5, 0.6) is 0 Å². The maximum atomic E-state index is 12.3. The summed E-state index contributed by atoms with van der Waals surface area (Å²) in [6.45, 7) is 2.47. The van der Waals surface area contributed by atoms with E-state index >= 15 is 0 Å². The van der Waals surface area contributed by atoms with Gasteiger partial charge in [-0.3, -0.25) is 4.79 Å². The highest BCUT2D eigenvalue weighted by Crippen LogP contribution is 2.11. The van der Waals surface area contributed by atoms with E-state index < -0.39 is 0 Å². The first kappa shape index (κ1) is 14.3. The zero-order chi connectivity index (χ0) is 15.4. The number of nitrogens with zero attached hydrogens (tertiary/aromatic N) is 1. The minimum Gasteiger partial charge on any atom is -0.346 e. The van der Waals surface area contributed by atoms with Gasteiger partial charge in [-0.1, -0.05) is 48.5 Å². The van der Waals surface area contributed by atoms with Crippen LogP contribution in [-0.2, 0) is 11.3 Å². The molecule has 2 aromatic carbocycles. The molecule has 0 saturated carbocycles. The van der Waals surface area contributed by atoms with Gasteiger partial charge in [0.15, 0.2) is 12.4 Å². The van der Waals surface area contributed by atoms with Crippen molar-refractivity contribution in [3.8, 4) is 0 Å². The van der Waals surface area contributed by atoms with Crippen LogP contribution in [0, 0.1) is 0 Å². The average Bonchev–Trinajstić information content (AvgIpc) is 2.59. The van der Waals surface area contributed by atoms with Crippen LogP contribution in [-0.4, -0.2) is 5.91 Å². The number of hydrogen-bond donors (Lipinski definition) is 1. The molecule has 1 atom stereocenters. The predicted octanol–water partition coefficient (Wildman–Crippen LogP) is 3.00. The van der Waals surface area contributed by atoms with Crippen LogP contribution in [0.25, 0.3) is 10.8 Å². The third-order valence-electron chi connectivity index (χ3n) is 3.85. The van der Waals surface area contributed by atoms with Crippen molar-refractivity contribution >= 4 is 16.7 Å². The Morgan fingerprint density at radius 2 is 1.68 bits per heavy atom. The van der Waals surface area contributed by atoms with Crippen molar-refractivity contribution in [2.45, 2.75) is 19.5 Å². The molecule has 0 aliphatic carbocycles. The number of aromatic nitrogens is 1. The van der Waals surface area contributed by atoms with Crippen molar-refractivity contribution in [3.05, 3.63) is 78.6 Å². The van der Waals surface area contributed by atoms with Crippen molar-refractivity contribution in [1.82, 2.24) is 5.32 Å². The van der Waals surface area contributed by atoms with Crippen LogP contribution in [0.15, 0.2) is 73.1 Å². The zero-order valence-electron chi connectivity index (χ0n) is 12.6. The van der Waals surface area contributed by atoms with Gasteiger partial charge in [0.2, 0.25) is 6.04 Å². The molecule has 1 heterocycles. The standard InChI is InChI=1S/C19H18N2O/c1-15(19(22)20-13-16-7-3-2-4-8-16)21-12-11-17-9-5-6-10-18(17)14-21/h2-12,14-15H,13H2,1H3/p+1/t15-/m1/s1. The van der Waals surface area contributed by atoms with Gasteiger partial charge in [-0.15, -0.1) is 0 Å². The maximum Gasteiger partial charge on any atom is 0.289 e. The van der Waals surface area contributed by atoms with Crippen molar-refractivity contribution in [2.24, 2.45) is 0 Å². The van der Waals surface area contributed by atoms with Crippen molar-refractivity contribution < 1.29 is 9.36 Å². The Morgan fingerprint density at radius 3 is 2.45 bits per heavy atom. The second-order valence-corrected chi connectivity index (χ2v) is 5.40. The monoisotopic (exact) mass is 291 g/mol. The Kier molecular flexibility index (Phi) is 4.15. The molecule has 1 amide bonds. The van der Waals surface area contributed by atoms with E-state index in [1.165, 1.54) is 5.39 Å². The topological polar surface area (TPSA) is 33.0 Å². The highest BCUT2D eigenvalue weighted by atomic mass is 16.2. The third kappa shape index (κ3) is 3.14. The van der Waals surface area contributed by atoms with E-state index in [0.29, 0.717) is 6.54 Å². The van der Waals surface area contributed by atoms with E-state index in [9.17, 15) is 4.79 Å². The molecule has 22 heavy (non-hydrogen) atoms. The van der Waals surface area contributed by atoms with E-state index in [1.54, 1.807) is 0 Å². The molecular formula is C19H19N2O+. The summed E-state index contributed by atoms with van der Waals surface area (Å²) in [5.74, 6) is 0.0177. The van der Waals surface area contributed by atoms with E-state index in [2.05, 4.69) is 17.4 Å². The third-order valence-corrected chi connectivity index (χ3v) is 3.85. The molecule has 0 aliphatic heterocycles. The number of pyridine rings is 1. The fourth-order valence-corrected chi connectivity index (χ4v) is 2.46. The molecule has 1 aromatic heterocycles. The SMILES string of the molecule is C[C@H](C(=O)NCc1ccccc1)[n+]1ccc2ccccc2c1. The zero-order valence-corrected chi connectivity index (χ0v) is 12.6. The Bertz CT molecular complexity index is 784. The fourth-order valence-electron chi connectivity index (χ4n) is 2.46. The molecular weight excluding hydrogens is 272 g/mol. The molecule has 3 aromatic rings. The van der Waals surface area contributed by atoms with Gasteiger partial charge in [-0.05, 0) is 17.0 Å². The van der Waals surface area contributed by atoms with Gasteiger partial charge in [0.25, 0.3) is 5.91 Å². The summed E-state index contributed by atoms with van der Waals surface area (Å²) in [5, 5.41) is 5.29. The molecule has 3 heteroatoms. The number of fused-ring (bicyclic) bond motifs is 1. The Balaban J connectivity index is 1.71. The van der Waals surface area contributed by atoms with Crippen LogP contribution >= 0.6 is 0 Å². The van der Waals surface area contributed by atoms with Crippen molar-refractivity contribution in [1.29, 1.82) is 0 Å². The van der Waals surface area contributed by atoms with E-state index in [1.807, 2.05) is 72.4 Å². The first-order valence-corrected chi connectivity index (χ1v) is 7.45. The molecule has 0 fully saturated rings. The number of nitrogens with one attached hydrogen (secondary N) is 1. The lowest BCUT2D eigenvalue weighted by Gasteiger charge is -2.09. The first-order valence-electron chi connectivity index (χ1n) is 7.45. The van der Waals surface area contributed by atoms with Crippen molar-refractivity contribution in [2.75, 3.05) is 0 Å². The number of benzene rings is 2. The van der Waals surface area contributed by atoms with Crippen LogP contribution in [0.4, 0.5) is 0 Å². The molecule has 0 bridgehead atoms. The fraction of sp³-hybridized carbons (Fsp3) is 0.158. The van der Waals surface area contributed by atoms with E-state index in [0.717, 1.165) is 10.9 Å². The van der Waals surface area contributed by atoms with Crippen LogP contribution in [0.1, 0.15) is 18.5 Å². The number of hydrogen-bond acceptors (Lipinski definition) is 1. The molecule has 0 radical (unpaired) electrons. The molecule has 3 nitrogen and oxygen atoms in total. The summed E-state index contributed by atoms with van der Waals surface area (Å²) in [6, 6.07) is 19.9. The van der Waals surface area contributed by atoms with Crippen LogP contribution in [0.3, 0.4) is 0 Å². The van der Waals surface area contributed by atoms with Crippen LogP contribution in [0.2, 0.25) is 0 Å². The summed E-state index contributed by atoms with van der Waals surface area (Å²) < 4.78 is 1.95. The molecule has 1 N–H and O–H groups in total. The maximum absolute atomic E-state index is 12.3. The Labute approximate surface area is 130 Å². The van der Waals surface area contributed by atoms with Gasteiger partial charge in [-0.25, -0.2) is 0 Å². The smallest absolute Gasteiger partial charge is 0.289 e. The van der Waals surface area contributed by atoms with Gasteiger partial charge in [0, 0.05) is 24.9 Å². The highest BCUT2D eigenvalue weighted by Gasteiger charge is 2.21. The molecule has 110 valence electrons. The quantitative estimate of drug-likeness (QED) is 0.736. The first-order chi connectivity index (χ1) is 10.7. The Hall–Kier alpha value is -2.68. The lowest BCUT2D eigenvalue weighted by atomic mass is 10.1. The summed E-state index contributed by atoms with van der Waals surface area (Å²) in [5.41, 5.74) is 1.10. The predicted molar refractivity (Wildman–Crippen MR) is 87.1 cm³/mol. The normalized spacial score (nSPS) is 12.0. The molecule has 0 saturated heterocycles. The number of carbonyl (C=O) groups excluding carboxylic acids is 1. The molecule has 0 unspecified atom stereocenters. The number of carbonyl (C=O) groups is 1. The van der Waals surface area contributed by atoms with Gasteiger partial charge in [0.1, 0.15) is 0 Å². The molecule has 0 aliphatic rings. The summed E-state index contributed by atoms with van der Waals surface area (Å²) in [4.78, 5) is 12.3. The van der Waals surface area contributed by atoms with Crippen LogP contribution < -0.4 is 9.88 Å². The minimum absolute atomic E-state index is 0.0177. The second-order valence-electron chi connectivity index (χ2n) is 5.40.